The molecule has 28 heavy (non-hydrogen) atoms. The number of hydrogen-bond donors (Lipinski definition) is 2. The zero-order chi connectivity index (χ0) is 20.5. The standard InChI is InChI=1S/C21H30N6O/c1-7-14-8-10-15(11-9-14)17(26(5)6)13-22-20-24-18-16(19(28)25-20)12-23-27(18)21(2,3)4/h8-12,17H,7,13H2,1-6H3,(H2,22,24,25,28)/t17-/m0/s1. The average molecular weight is 383 g/mol. The van der Waals surface area contributed by atoms with E-state index in [1.807, 2.05) is 34.9 Å². The van der Waals surface area contributed by atoms with Gasteiger partial charge in [-0.2, -0.15) is 10.1 Å². The fourth-order valence-corrected chi connectivity index (χ4v) is 3.26. The Balaban J connectivity index is 1.87. The predicted octanol–water partition coefficient (Wildman–Crippen LogP) is 3.15. The number of benzene rings is 1. The molecule has 3 aromatic rings. The predicted molar refractivity (Wildman–Crippen MR) is 114 cm³/mol. The van der Waals surface area contributed by atoms with Crippen molar-refractivity contribution in [1.29, 1.82) is 0 Å². The Hall–Kier alpha value is -2.67. The van der Waals surface area contributed by atoms with Gasteiger partial charge >= 0.3 is 0 Å². The van der Waals surface area contributed by atoms with Gasteiger partial charge in [0.05, 0.1) is 17.8 Å². The second-order valence-electron chi connectivity index (χ2n) is 8.33. The molecule has 150 valence electrons. The molecule has 0 aliphatic carbocycles. The average Bonchev–Trinajstić information content (AvgIpc) is 3.07. The third kappa shape index (κ3) is 4.09. The number of aromatic amines is 1. The van der Waals surface area contributed by atoms with E-state index in [2.05, 4.69) is 56.5 Å². The van der Waals surface area contributed by atoms with Gasteiger partial charge in [0.1, 0.15) is 5.39 Å². The molecule has 0 radical (unpaired) electrons. The lowest BCUT2D eigenvalue weighted by Gasteiger charge is -2.25. The third-order valence-electron chi connectivity index (χ3n) is 4.93. The maximum atomic E-state index is 12.5. The van der Waals surface area contributed by atoms with Crippen molar-refractivity contribution in [2.24, 2.45) is 0 Å². The van der Waals surface area contributed by atoms with E-state index in [4.69, 9.17) is 0 Å². The van der Waals surface area contributed by atoms with Gasteiger partial charge in [0.2, 0.25) is 5.95 Å². The van der Waals surface area contributed by atoms with Crippen molar-refractivity contribution in [3.63, 3.8) is 0 Å². The van der Waals surface area contributed by atoms with Crippen LogP contribution in [-0.4, -0.2) is 45.3 Å². The summed E-state index contributed by atoms with van der Waals surface area (Å²) in [6, 6.07) is 8.82. The quantitative estimate of drug-likeness (QED) is 0.685. The Morgan fingerprint density at radius 1 is 1.21 bits per heavy atom. The highest BCUT2D eigenvalue weighted by Gasteiger charge is 2.20. The van der Waals surface area contributed by atoms with Crippen LogP contribution in [0.5, 0.6) is 0 Å². The molecule has 1 aromatic carbocycles. The number of H-pyrrole nitrogens is 1. The van der Waals surface area contributed by atoms with Crippen molar-refractivity contribution in [2.45, 2.75) is 45.7 Å². The fraction of sp³-hybridized carbons (Fsp3) is 0.476. The van der Waals surface area contributed by atoms with Crippen LogP contribution in [0.1, 0.15) is 44.9 Å². The fourth-order valence-electron chi connectivity index (χ4n) is 3.26. The van der Waals surface area contributed by atoms with E-state index in [0.29, 0.717) is 23.5 Å². The summed E-state index contributed by atoms with van der Waals surface area (Å²) in [5.74, 6) is 0.459. The monoisotopic (exact) mass is 382 g/mol. The largest absolute Gasteiger partial charge is 0.354 e. The number of anilines is 1. The summed E-state index contributed by atoms with van der Waals surface area (Å²) in [7, 11) is 4.10. The number of aryl methyl sites for hydroxylation is 1. The summed E-state index contributed by atoms with van der Waals surface area (Å²) in [4.78, 5) is 22.1. The van der Waals surface area contributed by atoms with Gasteiger partial charge in [-0.1, -0.05) is 31.2 Å². The molecule has 1 atom stereocenters. The van der Waals surface area contributed by atoms with Gasteiger partial charge in [-0.3, -0.25) is 9.78 Å². The van der Waals surface area contributed by atoms with E-state index in [1.165, 1.54) is 11.1 Å². The van der Waals surface area contributed by atoms with Crippen molar-refractivity contribution in [3.05, 3.63) is 51.9 Å². The molecule has 0 unspecified atom stereocenters. The highest BCUT2D eigenvalue weighted by molar-refractivity contribution is 5.74. The summed E-state index contributed by atoms with van der Waals surface area (Å²) < 4.78 is 1.79. The van der Waals surface area contributed by atoms with E-state index in [1.54, 1.807) is 10.9 Å². The Morgan fingerprint density at radius 2 is 1.89 bits per heavy atom. The molecule has 2 heterocycles. The normalized spacial score (nSPS) is 13.2. The highest BCUT2D eigenvalue weighted by atomic mass is 16.1. The van der Waals surface area contributed by atoms with Crippen molar-refractivity contribution >= 4 is 17.0 Å². The van der Waals surface area contributed by atoms with Crippen LogP contribution in [0.2, 0.25) is 0 Å². The molecule has 0 saturated carbocycles. The molecular weight excluding hydrogens is 352 g/mol. The van der Waals surface area contributed by atoms with Gasteiger partial charge in [-0.05, 0) is 52.4 Å². The molecule has 2 N–H and O–H groups in total. The first-order chi connectivity index (χ1) is 13.2. The second kappa shape index (κ2) is 7.75. The first-order valence-corrected chi connectivity index (χ1v) is 9.68. The third-order valence-corrected chi connectivity index (χ3v) is 4.93. The first-order valence-electron chi connectivity index (χ1n) is 9.68. The SMILES string of the molecule is CCc1ccc([C@H](CNc2nc3c(cnn3C(C)(C)C)c(=O)[nH]2)N(C)C)cc1. The van der Waals surface area contributed by atoms with Crippen LogP contribution < -0.4 is 10.9 Å². The molecule has 3 rings (SSSR count). The molecular formula is C21H30N6O. The van der Waals surface area contributed by atoms with Crippen LogP contribution >= 0.6 is 0 Å². The van der Waals surface area contributed by atoms with E-state index >= 15 is 0 Å². The number of nitrogens with zero attached hydrogens (tertiary/aromatic N) is 4. The maximum absolute atomic E-state index is 12.5. The number of hydrogen-bond acceptors (Lipinski definition) is 5. The van der Waals surface area contributed by atoms with E-state index in [0.717, 1.165) is 6.42 Å². The van der Waals surface area contributed by atoms with E-state index < -0.39 is 0 Å². The Morgan fingerprint density at radius 3 is 2.46 bits per heavy atom. The van der Waals surface area contributed by atoms with Crippen LogP contribution in [0, 0.1) is 0 Å². The van der Waals surface area contributed by atoms with Gasteiger partial charge in [-0.25, -0.2) is 4.68 Å². The smallest absolute Gasteiger partial charge is 0.263 e. The number of nitrogens with one attached hydrogen (secondary N) is 2. The Bertz CT molecular complexity index is 994. The Kier molecular flexibility index (Phi) is 5.56. The van der Waals surface area contributed by atoms with E-state index in [-0.39, 0.29) is 17.1 Å². The topological polar surface area (TPSA) is 78.8 Å². The number of rotatable bonds is 6. The minimum Gasteiger partial charge on any atom is -0.354 e. The molecule has 0 amide bonds. The van der Waals surface area contributed by atoms with Crippen LogP contribution in [-0.2, 0) is 12.0 Å². The van der Waals surface area contributed by atoms with Crippen LogP contribution in [0.15, 0.2) is 35.3 Å². The summed E-state index contributed by atoms with van der Waals surface area (Å²) in [5, 5.41) is 8.16. The molecule has 2 aromatic heterocycles. The van der Waals surface area contributed by atoms with Crippen molar-refractivity contribution in [2.75, 3.05) is 26.0 Å². The molecule has 0 aliphatic heterocycles. The van der Waals surface area contributed by atoms with Crippen LogP contribution in [0.4, 0.5) is 5.95 Å². The van der Waals surface area contributed by atoms with Crippen LogP contribution in [0.25, 0.3) is 11.0 Å². The van der Waals surface area contributed by atoms with Gasteiger partial charge in [-0.15, -0.1) is 0 Å². The zero-order valence-corrected chi connectivity index (χ0v) is 17.6. The lowest BCUT2D eigenvalue weighted by Crippen LogP contribution is -2.28. The van der Waals surface area contributed by atoms with E-state index in [9.17, 15) is 4.79 Å². The molecule has 7 heteroatoms. The van der Waals surface area contributed by atoms with Gasteiger partial charge < -0.3 is 10.2 Å². The second-order valence-corrected chi connectivity index (χ2v) is 8.33. The molecule has 0 spiro atoms. The summed E-state index contributed by atoms with van der Waals surface area (Å²) in [5.41, 5.74) is 2.69. The maximum Gasteiger partial charge on any atom is 0.263 e. The molecule has 7 nitrogen and oxygen atoms in total. The first kappa shape index (κ1) is 20.1. The van der Waals surface area contributed by atoms with Crippen LogP contribution in [0.3, 0.4) is 0 Å². The summed E-state index contributed by atoms with van der Waals surface area (Å²) in [6.07, 6.45) is 2.60. The molecule has 0 bridgehead atoms. The minimum absolute atomic E-state index is 0.152. The molecule has 0 fully saturated rings. The summed E-state index contributed by atoms with van der Waals surface area (Å²) in [6.45, 7) is 8.89. The minimum atomic E-state index is -0.257. The van der Waals surface area contributed by atoms with Gasteiger partial charge in [0, 0.05) is 6.54 Å². The summed E-state index contributed by atoms with van der Waals surface area (Å²) >= 11 is 0. The highest BCUT2D eigenvalue weighted by Crippen LogP contribution is 2.21. The lowest BCUT2D eigenvalue weighted by atomic mass is 10.0. The number of fused-ring (bicyclic) bond motifs is 1. The Labute approximate surface area is 165 Å². The lowest BCUT2D eigenvalue weighted by molar-refractivity contribution is 0.311. The van der Waals surface area contributed by atoms with Crippen molar-refractivity contribution < 1.29 is 0 Å². The van der Waals surface area contributed by atoms with Crippen molar-refractivity contribution in [1.82, 2.24) is 24.6 Å². The van der Waals surface area contributed by atoms with Gasteiger partial charge in [0.25, 0.3) is 5.56 Å². The molecule has 0 saturated heterocycles. The number of aromatic nitrogens is 4. The van der Waals surface area contributed by atoms with Crippen molar-refractivity contribution in [3.8, 4) is 0 Å². The molecule has 0 aliphatic rings. The zero-order valence-electron chi connectivity index (χ0n) is 17.6. The number of likely N-dealkylation sites (N-methyl/N-ethyl adjacent to an activating group) is 1. The van der Waals surface area contributed by atoms with Gasteiger partial charge in [0.15, 0.2) is 5.65 Å².